The molecular formula is C30H40N2O3S. The molecule has 5 nitrogen and oxygen atoms in total. The lowest BCUT2D eigenvalue weighted by Gasteiger charge is -2.23. The summed E-state index contributed by atoms with van der Waals surface area (Å²) in [6.07, 6.45) is 13.2. The number of aromatic nitrogens is 1. The van der Waals surface area contributed by atoms with Gasteiger partial charge in [0.05, 0.1) is 5.56 Å². The van der Waals surface area contributed by atoms with Crippen LogP contribution in [0.4, 0.5) is 0 Å². The van der Waals surface area contributed by atoms with Gasteiger partial charge in [0.25, 0.3) is 5.91 Å². The van der Waals surface area contributed by atoms with Gasteiger partial charge in [0.1, 0.15) is 5.03 Å². The van der Waals surface area contributed by atoms with E-state index in [4.69, 9.17) is 10.1 Å². The Hall–Kier alpha value is -2.34. The Balaban J connectivity index is 1.43. The van der Waals surface area contributed by atoms with Crippen LogP contribution in [0.1, 0.15) is 92.2 Å². The van der Waals surface area contributed by atoms with Gasteiger partial charge in [-0.1, -0.05) is 62.4 Å². The van der Waals surface area contributed by atoms with E-state index in [1.165, 1.54) is 24.8 Å². The van der Waals surface area contributed by atoms with Gasteiger partial charge in [-0.3, -0.25) is 9.59 Å². The Bertz CT molecular complexity index is 991. The maximum absolute atomic E-state index is 13.2. The number of nitrogens with zero attached hydrogens (tertiary/aromatic N) is 1. The molecule has 2 fully saturated rings. The Morgan fingerprint density at radius 3 is 2.42 bits per heavy atom. The first-order chi connectivity index (χ1) is 17.6. The third-order valence-corrected chi connectivity index (χ3v) is 8.74. The number of aliphatic carboxylic acids is 1. The molecule has 0 aliphatic heterocycles. The quantitative estimate of drug-likeness (QED) is 0.276. The van der Waals surface area contributed by atoms with Crippen molar-refractivity contribution in [1.82, 2.24) is 10.3 Å². The molecule has 2 aromatic rings. The van der Waals surface area contributed by atoms with E-state index in [1.54, 1.807) is 11.8 Å². The van der Waals surface area contributed by atoms with Crippen LogP contribution in [0.15, 0.2) is 47.5 Å². The van der Waals surface area contributed by atoms with Crippen LogP contribution in [0, 0.1) is 11.8 Å². The molecule has 0 bridgehead atoms. The summed E-state index contributed by atoms with van der Waals surface area (Å²) in [4.78, 5) is 29.4. The number of rotatable bonds is 10. The van der Waals surface area contributed by atoms with Crippen LogP contribution in [0.3, 0.4) is 0 Å². The molecule has 2 atom stereocenters. The van der Waals surface area contributed by atoms with Gasteiger partial charge in [0.15, 0.2) is 0 Å². The molecule has 2 unspecified atom stereocenters. The maximum Gasteiger partial charge on any atom is 0.303 e. The number of carboxylic acids is 1. The van der Waals surface area contributed by atoms with Gasteiger partial charge >= 0.3 is 5.97 Å². The fourth-order valence-electron chi connectivity index (χ4n) is 5.70. The number of carbonyl (C=O) groups is 2. The second-order valence-electron chi connectivity index (χ2n) is 10.6. The summed E-state index contributed by atoms with van der Waals surface area (Å²) in [6, 6.07) is 14.7. The number of amides is 1. The Morgan fingerprint density at radius 1 is 0.889 bits per heavy atom. The molecule has 1 heterocycles. The molecule has 2 N–H and O–H groups in total. The zero-order valence-corrected chi connectivity index (χ0v) is 22.1. The molecule has 2 aliphatic carbocycles. The first kappa shape index (κ1) is 26.7. The maximum atomic E-state index is 13.2. The number of carbonyl (C=O) groups excluding carboxylic acids is 1. The molecular weight excluding hydrogens is 468 g/mol. The van der Waals surface area contributed by atoms with Gasteiger partial charge in [-0.05, 0) is 74.5 Å². The van der Waals surface area contributed by atoms with Crippen LogP contribution >= 0.6 is 11.8 Å². The molecule has 1 aromatic carbocycles. The smallest absolute Gasteiger partial charge is 0.303 e. The van der Waals surface area contributed by atoms with Crippen molar-refractivity contribution in [3.63, 3.8) is 0 Å². The van der Waals surface area contributed by atoms with Crippen molar-refractivity contribution in [3.05, 3.63) is 59.3 Å². The number of thioether (sulfide) groups is 1. The standard InChI is InChI=1S/C30H40N2O3S/c33-28(34)21-24-11-7-10-23(14-15-24)20-26-16-17-27(29(35)31-25-12-5-2-6-13-25)30(32-26)36-19-18-22-8-3-1-4-9-22/h1,3-4,8-9,16-17,23-25H,2,5-7,10-15,18-21H2,(H,31,35)(H,33,34). The molecule has 0 radical (unpaired) electrons. The van der Waals surface area contributed by atoms with E-state index in [9.17, 15) is 9.59 Å². The molecule has 2 saturated carbocycles. The fraction of sp³-hybridized carbons (Fsp3) is 0.567. The van der Waals surface area contributed by atoms with Crippen LogP contribution in [0.2, 0.25) is 0 Å². The van der Waals surface area contributed by atoms with E-state index in [2.05, 4.69) is 29.6 Å². The minimum atomic E-state index is -0.681. The van der Waals surface area contributed by atoms with E-state index < -0.39 is 5.97 Å². The molecule has 194 valence electrons. The van der Waals surface area contributed by atoms with Gasteiger partial charge < -0.3 is 10.4 Å². The highest BCUT2D eigenvalue weighted by atomic mass is 32.2. The first-order valence-electron chi connectivity index (χ1n) is 13.8. The summed E-state index contributed by atoms with van der Waals surface area (Å²) in [6.45, 7) is 0. The lowest BCUT2D eigenvalue weighted by atomic mass is 9.93. The number of aryl methyl sites for hydroxylation is 1. The molecule has 6 heteroatoms. The number of hydrogen-bond acceptors (Lipinski definition) is 4. The molecule has 0 saturated heterocycles. The summed E-state index contributed by atoms with van der Waals surface area (Å²) in [7, 11) is 0. The molecule has 2 aliphatic rings. The predicted octanol–water partition coefficient (Wildman–Crippen LogP) is 6.69. The van der Waals surface area contributed by atoms with Gasteiger partial charge in [0.2, 0.25) is 0 Å². The minimum absolute atomic E-state index is 0.00846. The van der Waals surface area contributed by atoms with E-state index >= 15 is 0 Å². The number of carboxylic acid groups (broad SMARTS) is 1. The van der Waals surface area contributed by atoms with Gasteiger partial charge in [-0.2, -0.15) is 0 Å². The average Bonchev–Trinajstić information content (AvgIpc) is 3.10. The third kappa shape index (κ3) is 8.36. The van der Waals surface area contributed by atoms with Gasteiger partial charge in [0, 0.05) is 23.9 Å². The zero-order valence-electron chi connectivity index (χ0n) is 21.3. The van der Waals surface area contributed by atoms with Crippen LogP contribution < -0.4 is 5.32 Å². The largest absolute Gasteiger partial charge is 0.481 e. The lowest BCUT2D eigenvalue weighted by molar-refractivity contribution is -0.138. The molecule has 1 amide bonds. The number of hydrogen-bond donors (Lipinski definition) is 2. The van der Waals surface area contributed by atoms with Crippen molar-refractivity contribution < 1.29 is 14.7 Å². The monoisotopic (exact) mass is 508 g/mol. The summed E-state index contributed by atoms with van der Waals surface area (Å²) in [5, 5.41) is 13.3. The van der Waals surface area contributed by atoms with E-state index in [0.717, 1.165) is 74.3 Å². The second-order valence-corrected chi connectivity index (χ2v) is 11.7. The summed E-state index contributed by atoms with van der Waals surface area (Å²) >= 11 is 1.68. The Morgan fingerprint density at radius 2 is 1.64 bits per heavy atom. The summed E-state index contributed by atoms with van der Waals surface area (Å²) < 4.78 is 0. The van der Waals surface area contributed by atoms with Crippen molar-refractivity contribution in [2.75, 3.05) is 5.75 Å². The van der Waals surface area contributed by atoms with Crippen LogP contribution in [-0.2, 0) is 17.6 Å². The molecule has 0 spiro atoms. The van der Waals surface area contributed by atoms with Crippen molar-refractivity contribution in [3.8, 4) is 0 Å². The number of pyridine rings is 1. The predicted molar refractivity (Wildman–Crippen MR) is 145 cm³/mol. The zero-order chi connectivity index (χ0) is 25.2. The number of benzene rings is 1. The van der Waals surface area contributed by atoms with Crippen LogP contribution in [0.25, 0.3) is 0 Å². The van der Waals surface area contributed by atoms with E-state index in [-0.39, 0.29) is 18.4 Å². The minimum Gasteiger partial charge on any atom is -0.481 e. The molecule has 36 heavy (non-hydrogen) atoms. The normalized spacial score (nSPS) is 21.0. The van der Waals surface area contributed by atoms with Crippen molar-refractivity contribution >= 4 is 23.6 Å². The van der Waals surface area contributed by atoms with E-state index in [0.29, 0.717) is 17.4 Å². The SMILES string of the molecule is O=C(O)CC1CCCC(Cc2ccc(C(=O)NC3CCCCC3)c(SCCc3ccccc3)n2)CC1. The van der Waals surface area contributed by atoms with Crippen molar-refractivity contribution in [1.29, 1.82) is 0 Å². The lowest BCUT2D eigenvalue weighted by Crippen LogP contribution is -2.36. The van der Waals surface area contributed by atoms with Crippen molar-refractivity contribution in [2.24, 2.45) is 11.8 Å². The summed E-state index contributed by atoms with van der Waals surface area (Å²) in [5.74, 6) is 1.04. The van der Waals surface area contributed by atoms with Gasteiger partial charge in [-0.15, -0.1) is 11.8 Å². The third-order valence-electron chi connectivity index (χ3n) is 7.74. The molecule has 1 aromatic heterocycles. The summed E-state index contributed by atoms with van der Waals surface area (Å²) in [5.41, 5.74) is 3.04. The number of nitrogens with one attached hydrogen (secondary N) is 1. The highest BCUT2D eigenvalue weighted by Crippen LogP contribution is 2.32. The van der Waals surface area contributed by atoms with Crippen LogP contribution in [0.5, 0.6) is 0 Å². The van der Waals surface area contributed by atoms with Crippen molar-refractivity contribution in [2.45, 2.75) is 94.5 Å². The van der Waals surface area contributed by atoms with Gasteiger partial charge in [-0.25, -0.2) is 4.98 Å². The highest BCUT2D eigenvalue weighted by molar-refractivity contribution is 7.99. The first-order valence-corrected chi connectivity index (χ1v) is 14.7. The Kier molecular flexibility index (Phi) is 10.3. The topological polar surface area (TPSA) is 79.3 Å². The van der Waals surface area contributed by atoms with Crippen LogP contribution in [-0.4, -0.2) is 33.8 Å². The Labute approximate surface area is 219 Å². The van der Waals surface area contributed by atoms with E-state index in [1.807, 2.05) is 18.2 Å². The average molecular weight is 509 g/mol. The second kappa shape index (κ2) is 13.8. The highest BCUT2D eigenvalue weighted by Gasteiger charge is 2.23. The molecule has 4 rings (SSSR count). The fourth-order valence-corrected chi connectivity index (χ4v) is 6.73.